The van der Waals surface area contributed by atoms with Gasteiger partial charge in [-0.05, 0) is 31.5 Å². The molecular formula is C13H16N4O2. The maximum Gasteiger partial charge on any atom is 0.323 e. The molecule has 0 spiro atoms. The Balaban J connectivity index is 2.14. The minimum atomic E-state index is -0.388. The van der Waals surface area contributed by atoms with Crippen LogP contribution in [-0.4, -0.2) is 32.8 Å². The zero-order chi connectivity index (χ0) is 14.0. The Morgan fingerprint density at radius 3 is 2.68 bits per heavy atom. The largest absolute Gasteiger partial charge is 0.334 e. The zero-order valence-electron chi connectivity index (χ0n) is 11.2. The first-order chi connectivity index (χ1) is 8.95. The molecule has 2 N–H and O–H groups in total. The van der Waals surface area contributed by atoms with Gasteiger partial charge in [0, 0.05) is 18.9 Å². The highest BCUT2D eigenvalue weighted by atomic mass is 16.2. The molecule has 2 aromatic heterocycles. The van der Waals surface area contributed by atoms with Gasteiger partial charge in [0.2, 0.25) is 0 Å². The maximum absolute atomic E-state index is 12.0. The predicted octanol–water partition coefficient (Wildman–Crippen LogP) is 0.987. The third-order valence-electron chi connectivity index (χ3n) is 2.72. The number of imidazole rings is 1. The Morgan fingerprint density at radius 1 is 1.37 bits per heavy atom. The second-order valence-electron chi connectivity index (χ2n) is 4.59. The number of aromatic amines is 2. The van der Waals surface area contributed by atoms with E-state index in [2.05, 4.69) is 15.0 Å². The second kappa shape index (κ2) is 5.09. The smallest absolute Gasteiger partial charge is 0.323 e. The number of rotatable bonds is 3. The van der Waals surface area contributed by atoms with E-state index in [0.29, 0.717) is 6.54 Å². The molecule has 0 fully saturated rings. The number of pyridine rings is 1. The van der Waals surface area contributed by atoms with Crippen LogP contribution in [0, 0.1) is 13.8 Å². The van der Waals surface area contributed by atoms with Gasteiger partial charge in [-0.2, -0.15) is 0 Å². The Hall–Kier alpha value is -2.37. The lowest BCUT2D eigenvalue weighted by Crippen LogP contribution is -2.27. The average Bonchev–Trinajstić information content (AvgIpc) is 2.73. The van der Waals surface area contributed by atoms with Gasteiger partial charge in [-0.25, -0.2) is 4.79 Å². The molecule has 0 aliphatic rings. The van der Waals surface area contributed by atoms with Crippen LogP contribution >= 0.6 is 0 Å². The normalized spacial score (nSPS) is 10.5. The van der Waals surface area contributed by atoms with Crippen LogP contribution in [0.15, 0.2) is 23.1 Å². The number of H-pyrrole nitrogens is 2. The van der Waals surface area contributed by atoms with E-state index in [1.807, 2.05) is 26.0 Å². The number of nitrogens with one attached hydrogen (secondary N) is 2. The Bertz CT molecular complexity index is 636. The van der Waals surface area contributed by atoms with Gasteiger partial charge < -0.3 is 14.9 Å². The number of hydrogen-bond acceptors (Lipinski definition) is 3. The van der Waals surface area contributed by atoms with E-state index < -0.39 is 0 Å². The molecule has 0 radical (unpaired) electrons. The first-order valence-corrected chi connectivity index (χ1v) is 5.93. The molecule has 0 unspecified atom stereocenters. The molecule has 0 aromatic carbocycles. The van der Waals surface area contributed by atoms with E-state index in [-0.39, 0.29) is 17.3 Å². The minimum absolute atomic E-state index is 0.247. The minimum Gasteiger partial charge on any atom is -0.334 e. The van der Waals surface area contributed by atoms with E-state index in [9.17, 15) is 9.59 Å². The molecule has 6 nitrogen and oxygen atoms in total. The molecule has 19 heavy (non-hydrogen) atoms. The second-order valence-corrected chi connectivity index (χ2v) is 4.59. The molecule has 2 heterocycles. The van der Waals surface area contributed by atoms with Crippen molar-refractivity contribution in [3.63, 3.8) is 0 Å². The first-order valence-electron chi connectivity index (χ1n) is 5.93. The fraction of sp³-hybridized carbons (Fsp3) is 0.308. The predicted molar refractivity (Wildman–Crippen MR) is 70.9 cm³/mol. The van der Waals surface area contributed by atoms with Gasteiger partial charge in [-0.3, -0.25) is 9.78 Å². The molecular weight excluding hydrogens is 244 g/mol. The van der Waals surface area contributed by atoms with Crippen LogP contribution in [0.1, 0.15) is 27.4 Å². The third-order valence-corrected chi connectivity index (χ3v) is 2.72. The molecule has 0 saturated heterocycles. The standard InChI is InChI=1S/C13H16N4O2/c1-8-4-9(2)15-10(5-8)7-17(3)12(18)11-6-14-13(19)16-11/h4-6H,7H2,1-3H3,(H2,14,16,19). The third kappa shape index (κ3) is 3.09. The van der Waals surface area contributed by atoms with Crippen LogP contribution in [0.5, 0.6) is 0 Å². The summed E-state index contributed by atoms with van der Waals surface area (Å²) >= 11 is 0. The quantitative estimate of drug-likeness (QED) is 0.863. The van der Waals surface area contributed by atoms with Gasteiger partial charge in [-0.1, -0.05) is 0 Å². The van der Waals surface area contributed by atoms with Crippen molar-refractivity contribution in [2.24, 2.45) is 0 Å². The first kappa shape index (κ1) is 13.1. The summed E-state index contributed by atoms with van der Waals surface area (Å²) in [6.45, 7) is 4.31. The number of nitrogens with zero attached hydrogens (tertiary/aromatic N) is 2. The van der Waals surface area contributed by atoms with Crippen LogP contribution in [-0.2, 0) is 6.54 Å². The molecule has 0 aliphatic carbocycles. The van der Waals surface area contributed by atoms with Gasteiger partial charge in [-0.15, -0.1) is 0 Å². The summed E-state index contributed by atoms with van der Waals surface area (Å²) in [7, 11) is 1.67. The van der Waals surface area contributed by atoms with Crippen LogP contribution in [0.4, 0.5) is 0 Å². The summed E-state index contributed by atoms with van der Waals surface area (Å²) in [6.07, 6.45) is 1.37. The lowest BCUT2D eigenvalue weighted by atomic mass is 10.2. The Morgan fingerprint density at radius 2 is 2.11 bits per heavy atom. The van der Waals surface area contributed by atoms with E-state index in [0.717, 1.165) is 17.0 Å². The van der Waals surface area contributed by atoms with Crippen molar-refractivity contribution in [1.29, 1.82) is 0 Å². The number of aromatic nitrogens is 3. The van der Waals surface area contributed by atoms with Gasteiger partial charge in [0.1, 0.15) is 5.69 Å². The van der Waals surface area contributed by atoms with E-state index in [1.54, 1.807) is 7.05 Å². The van der Waals surface area contributed by atoms with Crippen LogP contribution in [0.3, 0.4) is 0 Å². The van der Waals surface area contributed by atoms with Gasteiger partial charge in [0.25, 0.3) is 5.91 Å². The fourth-order valence-electron chi connectivity index (χ4n) is 1.97. The topological polar surface area (TPSA) is 81.8 Å². The molecule has 1 amide bonds. The van der Waals surface area contributed by atoms with Crippen molar-refractivity contribution in [2.45, 2.75) is 20.4 Å². The number of carbonyl (C=O) groups excluding carboxylic acids is 1. The van der Waals surface area contributed by atoms with Crippen molar-refractivity contribution >= 4 is 5.91 Å². The molecule has 0 atom stereocenters. The maximum atomic E-state index is 12.0. The molecule has 100 valence electrons. The Labute approximate surface area is 110 Å². The summed E-state index contributed by atoms with van der Waals surface area (Å²) in [5.74, 6) is -0.251. The highest BCUT2D eigenvalue weighted by Gasteiger charge is 2.14. The zero-order valence-corrected chi connectivity index (χ0v) is 11.2. The summed E-state index contributed by atoms with van der Waals surface area (Å²) in [5, 5.41) is 0. The van der Waals surface area contributed by atoms with Crippen molar-refractivity contribution in [3.05, 3.63) is 51.5 Å². The van der Waals surface area contributed by atoms with Crippen LogP contribution in [0.25, 0.3) is 0 Å². The monoisotopic (exact) mass is 260 g/mol. The average molecular weight is 260 g/mol. The van der Waals surface area contributed by atoms with Crippen molar-refractivity contribution in [3.8, 4) is 0 Å². The number of aryl methyl sites for hydroxylation is 2. The highest BCUT2D eigenvalue weighted by molar-refractivity contribution is 5.91. The molecule has 2 rings (SSSR count). The lowest BCUT2D eigenvalue weighted by Gasteiger charge is -2.16. The summed E-state index contributed by atoms with van der Waals surface area (Å²) in [6, 6.07) is 3.92. The molecule has 0 saturated carbocycles. The van der Waals surface area contributed by atoms with E-state index in [4.69, 9.17) is 0 Å². The molecule has 0 aliphatic heterocycles. The molecule has 0 bridgehead atoms. The van der Waals surface area contributed by atoms with Gasteiger partial charge in [0.15, 0.2) is 0 Å². The number of hydrogen-bond donors (Lipinski definition) is 2. The summed E-state index contributed by atoms with van der Waals surface area (Å²) in [4.78, 5) is 33.8. The molecule has 6 heteroatoms. The number of amides is 1. The van der Waals surface area contributed by atoms with Crippen LogP contribution < -0.4 is 5.69 Å². The SMILES string of the molecule is Cc1cc(C)nc(CN(C)C(=O)c2c[nH]c(=O)[nH]2)c1. The summed E-state index contributed by atoms with van der Waals surface area (Å²) in [5.41, 5.74) is 2.72. The van der Waals surface area contributed by atoms with Crippen molar-refractivity contribution < 1.29 is 4.79 Å². The molecule has 2 aromatic rings. The van der Waals surface area contributed by atoms with Gasteiger partial charge in [0.05, 0.1) is 12.2 Å². The van der Waals surface area contributed by atoms with Gasteiger partial charge >= 0.3 is 5.69 Å². The van der Waals surface area contributed by atoms with Crippen LogP contribution in [0.2, 0.25) is 0 Å². The Kier molecular flexibility index (Phi) is 3.50. The van der Waals surface area contributed by atoms with E-state index >= 15 is 0 Å². The fourth-order valence-corrected chi connectivity index (χ4v) is 1.97. The van der Waals surface area contributed by atoms with Crippen molar-refractivity contribution in [2.75, 3.05) is 7.05 Å². The lowest BCUT2D eigenvalue weighted by molar-refractivity contribution is 0.0778. The summed E-state index contributed by atoms with van der Waals surface area (Å²) < 4.78 is 0. The number of carbonyl (C=O) groups is 1. The van der Waals surface area contributed by atoms with E-state index in [1.165, 1.54) is 11.1 Å². The highest BCUT2D eigenvalue weighted by Crippen LogP contribution is 2.08. The van der Waals surface area contributed by atoms with Crippen molar-refractivity contribution in [1.82, 2.24) is 19.9 Å².